The molecule has 1 aliphatic carbocycles. The number of ether oxygens (including phenoxy) is 1. The number of carbonyl (C=O) groups excluding carboxylic acids is 1. The molecule has 2 unspecified atom stereocenters. The zero-order valence-corrected chi connectivity index (χ0v) is 14.3. The number of carbonyl (C=O) groups is 1. The molecule has 120 valence electrons. The highest BCUT2D eigenvalue weighted by Crippen LogP contribution is 2.44. The molecule has 1 aliphatic rings. The summed E-state index contributed by atoms with van der Waals surface area (Å²) in [6, 6.07) is 3.54. The normalized spacial score (nSPS) is 25.9. The van der Waals surface area contributed by atoms with E-state index in [2.05, 4.69) is 0 Å². The van der Waals surface area contributed by atoms with Crippen molar-refractivity contribution in [2.24, 2.45) is 5.92 Å². The largest absolute Gasteiger partial charge is 0.465 e. The van der Waals surface area contributed by atoms with Crippen LogP contribution in [0, 0.1) is 5.92 Å². The quantitative estimate of drug-likeness (QED) is 0.801. The molecule has 6 heteroatoms. The SMILES string of the molecule is COC(=O)C1=CC(n2cccc2)(S(C)(=O)=O)C(C)C(C)=C1C. The third kappa shape index (κ3) is 2.22. The Labute approximate surface area is 131 Å². The number of hydrogen-bond acceptors (Lipinski definition) is 4. The Hall–Kier alpha value is -1.82. The van der Waals surface area contributed by atoms with Gasteiger partial charge in [-0.2, -0.15) is 0 Å². The van der Waals surface area contributed by atoms with Crippen molar-refractivity contribution in [3.05, 3.63) is 47.3 Å². The average molecular weight is 323 g/mol. The minimum atomic E-state index is -3.55. The zero-order valence-electron chi connectivity index (χ0n) is 13.5. The van der Waals surface area contributed by atoms with Crippen molar-refractivity contribution in [3.8, 4) is 0 Å². The maximum absolute atomic E-state index is 12.7. The van der Waals surface area contributed by atoms with Gasteiger partial charge in [-0.15, -0.1) is 0 Å². The third-order valence-electron chi connectivity index (χ3n) is 4.62. The molecule has 0 saturated heterocycles. The van der Waals surface area contributed by atoms with E-state index in [0.29, 0.717) is 5.57 Å². The van der Waals surface area contributed by atoms with Gasteiger partial charge in [-0.3, -0.25) is 0 Å². The number of sulfone groups is 1. The molecule has 5 nitrogen and oxygen atoms in total. The van der Waals surface area contributed by atoms with Gasteiger partial charge >= 0.3 is 5.97 Å². The molecule has 1 aromatic rings. The summed E-state index contributed by atoms with van der Waals surface area (Å²) in [7, 11) is -2.25. The summed E-state index contributed by atoms with van der Waals surface area (Å²) in [5.74, 6) is -0.827. The van der Waals surface area contributed by atoms with Gasteiger partial charge in [0.1, 0.15) is 0 Å². The highest BCUT2D eigenvalue weighted by Gasteiger charge is 2.49. The second kappa shape index (κ2) is 5.43. The van der Waals surface area contributed by atoms with Crippen LogP contribution in [-0.4, -0.2) is 32.3 Å². The number of nitrogens with zero attached hydrogens (tertiary/aromatic N) is 1. The molecule has 0 fully saturated rings. The maximum Gasteiger partial charge on any atom is 0.337 e. The summed E-state index contributed by atoms with van der Waals surface area (Å²) in [4.78, 5) is 10.8. The first-order chi connectivity index (χ1) is 10.2. The average Bonchev–Trinajstić information content (AvgIpc) is 2.97. The van der Waals surface area contributed by atoms with Gasteiger partial charge < -0.3 is 9.30 Å². The fourth-order valence-electron chi connectivity index (χ4n) is 3.09. The van der Waals surface area contributed by atoms with Gasteiger partial charge in [0.2, 0.25) is 0 Å². The molecule has 2 rings (SSSR count). The molecule has 22 heavy (non-hydrogen) atoms. The molecule has 0 aromatic carbocycles. The van der Waals surface area contributed by atoms with Crippen molar-refractivity contribution >= 4 is 15.8 Å². The Balaban J connectivity index is 2.85. The number of methoxy groups -OCH3 is 1. The van der Waals surface area contributed by atoms with Crippen molar-refractivity contribution in [1.29, 1.82) is 0 Å². The fourth-order valence-corrected chi connectivity index (χ4v) is 4.75. The van der Waals surface area contributed by atoms with Gasteiger partial charge in [0.05, 0.1) is 12.7 Å². The lowest BCUT2D eigenvalue weighted by Crippen LogP contribution is -2.47. The predicted molar refractivity (Wildman–Crippen MR) is 84.9 cm³/mol. The molecule has 1 heterocycles. The van der Waals surface area contributed by atoms with Crippen LogP contribution in [0.1, 0.15) is 20.8 Å². The van der Waals surface area contributed by atoms with Crippen molar-refractivity contribution in [3.63, 3.8) is 0 Å². The number of hydrogen-bond donors (Lipinski definition) is 0. The van der Waals surface area contributed by atoms with E-state index in [-0.39, 0.29) is 5.92 Å². The van der Waals surface area contributed by atoms with Gasteiger partial charge in [-0.1, -0.05) is 12.5 Å². The summed E-state index contributed by atoms with van der Waals surface area (Å²) in [6.07, 6.45) is 6.14. The molecule has 1 aromatic heterocycles. The Morgan fingerprint density at radius 1 is 1.27 bits per heavy atom. The molecular weight excluding hydrogens is 302 g/mol. The molecule has 2 atom stereocenters. The molecule has 0 bridgehead atoms. The lowest BCUT2D eigenvalue weighted by molar-refractivity contribution is -0.135. The van der Waals surface area contributed by atoms with E-state index in [1.807, 2.05) is 20.8 Å². The van der Waals surface area contributed by atoms with Crippen LogP contribution in [-0.2, 0) is 24.2 Å². The smallest absolute Gasteiger partial charge is 0.337 e. The first-order valence-electron chi connectivity index (χ1n) is 6.98. The summed E-state index contributed by atoms with van der Waals surface area (Å²) < 4.78 is 31.8. The van der Waals surface area contributed by atoms with Crippen LogP contribution in [0.4, 0.5) is 0 Å². The molecule has 0 N–H and O–H groups in total. The monoisotopic (exact) mass is 323 g/mol. The highest BCUT2D eigenvalue weighted by atomic mass is 32.2. The van der Waals surface area contributed by atoms with E-state index in [1.165, 1.54) is 19.4 Å². The summed E-state index contributed by atoms with van der Waals surface area (Å²) >= 11 is 0. The molecule has 0 amide bonds. The van der Waals surface area contributed by atoms with Gasteiger partial charge in [0.15, 0.2) is 14.7 Å². The standard InChI is InChI=1S/C16H21NO4S/c1-11-12(2)14(15(18)21-4)10-16(13(11)3,22(5,19)20)17-8-6-7-9-17/h6-10,13H,1-5H3. The van der Waals surface area contributed by atoms with E-state index in [9.17, 15) is 13.2 Å². The Morgan fingerprint density at radius 2 is 1.82 bits per heavy atom. The van der Waals surface area contributed by atoms with Crippen LogP contribution in [0.5, 0.6) is 0 Å². The lowest BCUT2D eigenvalue weighted by atomic mass is 9.81. The van der Waals surface area contributed by atoms with E-state index in [1.54, 1.807) is 29.1 Å². The zero-order chi connectivity index (χ0) is 16.7. The van der Waals surface area contributed by atoms with Gasteiger partial charge in [-0.05, 0) is 37.6 Å². The van der Waals surface area contributed by atoms with Crippen molar-refractivity contribution in [1.82, 2.24) is 4.57 Å². The minimum Gasteiger partial charge on any atom is -0.465 e. The van der Waals surface area contributed by atoms with Crippen LogP contribution >= 0.6 is 0 Å². The number of rotatable bonds is 3. The van der Waals surface area contributed by atoms with Crippen LogP contribution in [0.25, 0.3) is 0 Å². The maximum atomic E-state index is 12.7. The fraction of sp³-hybridized carbons (Fsp3) is 0.438. The van der Waals surface area contributed by atoms with Crippen molar-refractivity contribution < 1.29 is 17.9 Å². The van der Waals surface area contributed by atoms with Crippen LogP contribution in [0.15, 0.2) is 47.3 Å². The molecule has 0 radical (unpaired) electrons. The molecule has 0 saturated carbocycles. The second-order valence-corrected chi connectivity index (χ2v) is 7.89. The first kappa shape index (κ1) is 16.5. The van der Waals surface area contributed by atoms with Crippen molar-refractivity contribution in [2.75, 3.05) is 13.4 Å². The van der Waals surface area contributed by atoms with Crippen molar-refractivity contribution in [2.45, 2.75) is 25.6 Å². The van der Waals surface area contributed by atoms with Crippen LogP contribution in [0.3, 0.4) is 0 Å². The Kier molecular flexibility index (Phi) is 4.08. The number of aromatic nitrogens is 1. The first-order valence-corrected chi connectivity index (χ1v) is 8.88. The van der Waals surface area contributed by atoms with Gasteiger partial charge in [-0.25, -0.2) is 13.2 Å². The van der Waals surface area contributed by atoms with Gasteiger partial charge in [0, 0.05) is 24.6 Å². The molecular formula is C16H21NO4S. The molecule has 0 aliphatic heterocycles. The third-order valence-corrected chi connectivity index (χ3v) is 6.49. The highest BCUT2D eigenvalue weighted by molar-refractivity contribution is 7.91. The minimum absolute atomic E-state index is 0.302. The van der Waals surface area contributed by atoms with E-state index >= 15 is 0 Å². The predicted octanol–water partition coefficient (Wildman–Crippen LogP) is 2.27. The van der Waals surface area contributed by atoms with E-state index < -0.39 is 20.7 Å². The summed E-state index contributed by atoms with van der Waals surface area (Å²) in [6.45, 7) is 5.54. The van der Waals surface area contributed by atoms with E-state index in [0.717, 1.165) is 11.1 Å². The lowest BCUT2D eigenvalue weighted by Gasteiger charge is -2.41. The number of allylic oxidation sites excluding steroid dienone is 1. The number of esters is 1. The van der Waals surface area contributed by atoms with E-state index in [4.69, 9.17) is 4.74 Å². The molecule has 0 spiro atoms. The van der Waals surface area contributed by atoms with Crippen LogP contribution < -0.4 is 0 Å². The summed E-state index contributed by atoms with van der Waals surface area (Å²) in [5.41, 5.74) is 1.94. The Morgan fingerprint density at radius 3 is 2.27 bits per heavy atom. The second-order valence-electron chi connectivity index (χ2n) is 5.69. The van der Waals surface area contributed by atoms with Gasteiger partial charge in [0.25, 0.3) is 0 Å². The summed E-state index contributed by atoms with van der Waals surface area (Å²) in [5, 5.41) is 0. The Bertz CT molecular complexity index is 756. The topological polar surface area (TPSA) is 65.4 Å². The van der Waals surface area contributed by atoms with Crippen LogP contribution in [0.2, 0.25) is 0 Å².